The Morgan fingerprint density at radius 2 is 2.00 bits per heavy atom. The normalized spacial score (nSPS) is 19.6. The lowest BCUT2D eigenvalue weighted by Gasteiger charge is -2.46. The van der Waals surface area contributed by atoms with Gasteiger partial charge in [-0.05, 0) is 75.5 Å². The van der Waals surface area contributed by atoms with Gasteiger partial charge in [0.2, 0.25) is 5.91 Å². The molecular weight excluding hydrogens is 392 g/mol. The molecule has 9 heteroatoms. The van der Waals surface area contributed by atoms with Crippen LogP contribution in [0.15, 0.2) is 0 Å². The minimum Gasteiger partial charge on any atom is -0.340 e. The zero-order valence-electron chi connectivity index (χ0n) is 20.2. The number of rotatable bonds is 8. The van der Waals surface area contributed by atoms with Crippen molar-refractivity contribution in [1.82, 2.24) is 39.8 Å². The smallest absolute Gasteiger partial charge is 0.222 e. The van der Waals surface area contributed by atoms with Crippen LogP contribution in [0, 0.1) is 19.8 Å². The van der Waals surface area contributed by atoms with Crippen LogP contribution in [0.5, 0.6) is 0 Å². The molecule has 0 aromatic carbocycles. The number of likely N-dealkylation sites (tertiary alicyclic amines) is 1. The Morgan fingerprint density at radius 1 is 1.26 bits per heavy atom. The van der Waals surface area contributed by atoms with E-state index in [9.17, 15) is 4.79 Å². The highest BCUT2D eigenvalue weighted by Gasteiger charge is 2.44. The summed E-state index contributed by atoms with van der Waals surface area (Å²) in [7, 11) is 6.09. The summed E-state index contributed by atoms with van der Waals surface area (Å²) < 4.78 is 3.83. The number of nitrogens with zero attached hydrogens (tertiary/aromatic N) is 8. The maximum absolute atomic E-state index is 13.2. The molecule has 3 rings (SSSR count). The molecule has 0 saturated carbocycles. The zero-order valence-corrected chi connectivity index (χ0v) is 20.2. The van der Waals surface area contributed by atoms with Crippen LogP contribution in [0.4, 0.5) is 0 Å². The predicted octanol–water partition coefficient (Wildman–Crippen LogP) is 2.08. The summed E-state index contributed by atoms with van der Waals surface area (Å²) in [6.07, 6.45) is 4.11. The number of carbonyl (C=O) groups is 1. The summed E-state index contributed by atoms with van der Waals surface area (Å²) in [6, 6.07) is 0. The SMILES string of the molecule is Cc1nn(C)c(C)c1CCC(=O)N1CCCC(c2nnnn2CCC(C)C)(N(C)C)C1. The highest BCUT2D eigenvalue weighted by atomic mass is 16.2. The number of aromatic nitrogens is 6. The van der Waals surface area contributed by atoms with Gasteiger partial charge < -0.3 is 4.90 Å². The Balaban J connectivity index is 1.76. The molecule has 172 valence electrons. The van der Waals surface area contributed by atoms with Crippen LogP contribution < -0.4 is 0 Å². The molecule has 9 nitrogen and oxygen atoms in total. The molecule has 2 aromatic rings. The van der Waals surface area contributed by atoms with E-state index in [2.05, 4.69) is 60.4 Å². The molecule has 1 amide bonds. The van der Waals surface area contributed by atoms with Crippen LogP contribution in [-0.4, -0.2) is 72.9 Å². The van der Waals surface area contributed by atoms with Gasteiger partial charge in [-0.25, -0.2) is 4.68 Å². The van der Waals surface area contributed by atoms with Crippen molar-refractivity contribution in [3.8, 4) is 0 Å². The van der Waals surface area contributed by atoms with Crippen molar-refractivity contribution in [1.29, 1.82) is 0 Å². The van der Waals surface area contributed by atoms with Crippen molar-refractivity contribution in [2.45, 2.75) is 71.9 Å². The molecule has 0 bridgehead atoms. The van der Waals surface area contributed by atoms with Gasteiger partial charge in [0.15, 0.2) is 5.82 Å². The molecule has 31 heavy (non-hydrogen) atoms. The van der Waals surface area contributed by atoms with Gasteiger partial charge in [0.1, 0.15) is 5.54 Å². The lowest BCUT2D eigenvalue weighted by atomic mass is 9.86. The highest BCUT2D eigenvalue weighted by Crippen LogP contribution is 2.35. The highest BCUT2D eigenvalue weighted by molar-refractivity contribution is 5.76. The lowest BCUT2D eigenvalue weighted by Crippen LogP contribution is -2.56. The van der Waals surface area contributed by atoms with Gasteiger partial charge in [-0.15, -0.1) is 5.10 Å². The van der Waals surface area contributed by atoms with Crippen LogP contribution in [-0.2, 0) is 30.3 Å². The first kappa shape index (κ1) is 23.4. The molecule has 2 aromatic heterocycles. The minimum atomic E-state index is -0.367. The van der Waals surface area contributed by atoms with E-state index in [4.69, 9.17) is 0 Å². The lowest BCUT2D eigenvalue weighted by molar-refractivity contribution is -0.135. The van der Waals surface area contributed by atoms with E-state index >= 15 is 0 Å². The number of likely N-dealkylation sites (N-methyl/N-ethyl adjacent to an activating group) is 1. The van der Waals surface area contributed by atoms with Crippen LogP contribution in [0.25, 0.3) is 0 Å². The first-order chi connectivity index (χ1) is 14.7. The summed E-state index contributed by atoms with van der Waals surface area (Å²) in [5, 5.41) is 17.2. The fourth-order valence-electron chi connectivity index (χ4n) is 4.63. The largest absolute Gasteiger partial charge is 0.340 e. The van der Waals surface area contributed by atoms with Gasteiger partial charge in [0.25, 0.3) is 0 Å². The Hall–Kier alpha value is -2.29. The molecular formula is C22H38N8O. The number of amides is 1. The summed E-state index contributed by atoms with van der Waals surface area (Å²) in [4.78, 5) is 17.4. The topological polar surface area (TPSA) is 85.0 Å². The van der Waals surface area contributed by atoms with E-state index in [-0.39, 0.29) is 11.4 Å². The Bertz CT molecular complexity index is 899. The third-order valence-corrected chi connectivity index (χ3v) is 6.79. The van der Waals surface area contributed by atoms with Gasteiger partial charge in [0, 0.05) is 38.8 Å². The monoisotopic (exact) mass is 430 g/mol. The van der Waals surface area contributed by atoms with Gasteiger partial charge in [-0.3, -0.25) is 14.4 Å². The number of hydrogen-bond acceptors (Lipinski definition) is 6. The first-order valence-electron chi connectivity index (χ1n) is 11.4. The summed E-state index contributed by atoms with van der Waals surface area (Å²) >= 11 is 0. The third-order valence-electron chi connectivity index (χ3n) is 6.79. The average Bonchev–Trinajstić information content (AvgIpc) is 3.29. The Kier molecular flexibility index (Phi) is 7.13. The van der Waals surface area contributed by atoms with Crippen molar-refractivity contribution in [2.24, 2.45) is 13.0 Å². The molecule has 1 aliphatic rings. The fraction of sp³-hybridized carbons (Fsp3) is 0.773. The maximum Gasteiger partial charge on any atom is 0.222 e. The second-order valence-electron chi connectivity index (χ2n) is 9.53. The molecule has 1 saturated heterocycles. The second kappa shape index (κ2) is 9.46. The summed E-state index contributed by atoms with van der Waals surface area (Å²) in [6.45, 7) is 10.7. The van der Waals surface area contributed by atoms with Crippen LogP contribution in [0.2, 0.25) is 0 Å². The molecule has 0 radical (unpaired) electrons. The van der Waals surface area contributed by atoms with E-state index in [1.807, 2.05) is 28.2 Å². The zero-order chi connectivity index (χ0) is 22.8. The van der Waals surface area contributed by atoms with Gasteiger partial charge in [0.05, 0.1) is 5.69 Å². The Morgan fingerprint density at radius 3 is 2.61 bits per heavy atom. The summed E-state index contributed by atoms with van der Waals surface area (Å²) in [5.41, 5.74) is 2.97. The van der Waals surface area contributed by atoms with Crippen LogP contribution in [0.1, 0.15) is 62.3 Å². The van der Waals surface area contributed by atoms with E-state index in [0.29, 0.717) is 18.9 Å². The van der Waals surface area contributed by atoms with Crippen LogP contribution in [0.3, 0.4) is 0 Å². The quantitative estimate of drug-likeness (QED) is 0.637. The first-order valence-corrected chi connectivity index (χ1v) is 11.4. The van der Waals surface area contributed by atoms with Crippen molar-refractivity contribution >= 4 is 5.91 Å². The second-order valence-corrected chi connectivity index (χ2v) is 9.53. The van der Waals surface area contributed by atoms with E-state index in [0.717, 1.165) is 56.0 Å². The molecule has 1 atom stereocenters. The van der Waals surface area contributed by atoms with Crippen molar-refractivity contribution in [2.75, 3.05) is 27.2 Å². The van der Waals surface area contributed by atoms with E-state index in [1.165, 1.54) is 5.56 Å². The minimum absolute atomic E-state index is 0.190. The predicted molar refractivity (Wildman–Crippen MR) is 119 cm³/mol. The third kappa shape index (κ3) is 4.81. The van der Waals surface area contributed by atoms with Gasteiger partial charge in [-0.1, -0.05) is 13.8 Å². The standard InChI is InChI=1S/C22H38N8O/c1-16(2)11-14-30-21(23-25-26-30)22(27(5)6)12-8-13-29(15-22)20(31)10-9-19-17(3)24-28(7)18(19)4/h16H,8-15H2,1-7H3. The molecule has 1 fully saturated rings. The molecule has 0 spiro atoms. The fourth-order valence-corrected chi connectivity index (χ4v) is 4.63. The van der Waals surface area contributed by atoms with E-state index < -0.39 is 0 Å². The van der Waals surface area contributed by atoms with Gasteiger partial charge in [-0.2, -0.15) is 5.10 Å². The number of piperidine rings is 1. The van der Waals surface area contributed by atoms with Crippen molar-refractivity contribution < 1.29 is 4.79 Å². The molecule has 3 heterocycles. The number of tetrazole rings is 1. The molecule has 1 unspecified atom stereocenters. The van der Waals surface area contributed by atoms with Gasteiger partial charge >= 0.3 is 0 Å². The number of carbonyl (C=O) groups excluding carboxylic acids is 1. The van der Waals surface area contributed by atoms with Crippen LogP contribution >= 0.6 is 0 Å². The number of hydrogen-bond donors (Lipinski definition) is 0. The molecule has 0 aliphatic carbocycles. The average molecular weight is 431 g/mol. The number of aryl methyl sites for hydroxylation is 3. The molecule has 1 aliphatic heterocycles. The summed E-state index contributed by atoms with van der Waals surface area (Å²) in [5.74, 6) is 1.64. The van der Waals surface area contributed by atoms with Crippen molar-refractivity contribution in [3.63, 3.8) is 0 Å². The van der Waals surface area contributed by atoms with Crippen molar-refractivity contribution in [3.05, 3.63) is 22.8 Å². The van der Waals surface area contributed by atoms with E-state index in [1.54, 1.807) is 0 Å². The molecule has 0 N–H and O–H groups in total. The maximum atomic E-state index is 13.2. The Labute approximate surface area is 185 Å².